The Bertz CT molecular complexity index is 607. The van der Waals surface area contributed by atoms with Crippen molar-refractivity contribution < 1.29 is 9.59 Å². The van der Waals surface area contributed by atoms with Gasteiger partial charge in [-0.2, -0.15) is 0 Å². The number of carbonyl (C=O) groups excluding carboxylic acids is 2. The summed E-state index contributed by atoms with van der Waals surface area (Å²) in [5.41, 5.74) is 8.95. The number of hydrogen-bond acceptors (Lipinski definition) is 4. The number of hydrazine groups is 1. The van der Waals surface area contributed by atoms with E-state index in [1.54, 1.807) is 6.08 Å². The van der Waals surface area contributed by atoms with Crippen LogP contribution in [0.5, 0.6) is 0 Å². The normalized spacial score (nSPS) is 24.9. The molecule has 1 heterocycles. The van der Waals surface area contributed by atoms with Gasteiger partial charge in [0.25, 0.3) is 0 Å². The van der Waals surface area contributed by atoms with E-state index in [4.69, 9.17) is 0 Å². The first-order valence-corrected chi connectivity index (χ1v) is 7.80. The lowest BCUT2D eigenvalue weighted by molar-refractivity contribution is -0.126. The minimum Gasteiger partial charge on any atom is -0.359 e. The molecule has 0 bridgehead atoms. The van der Waals surface area contributed by atoms with Gasteiger partial charge in [-0.15, -0.1) is 0 Å². The summed E-state index contributed by atoms with van der Waals surface area (Å²) in [6, 6.07) is 8.31. The van der Waals surface area contributed by atoms with Crippen molar-refractivity contribution in [3.05, 3.63) is 41.6 Å². The molecule has 1 aromatic rings. The number of ketones is 1. The minimum absolute atomic E-state index is 0.0548. The molecule has 1 amide bonds. The van der Waals surface area contributed by atoms with Gasteiger partial charge < -0.3 is 5.32 Å². The summed E-state index contributed by atoms with van der Waals surface area (Å²) in [7, 11) is 0. The second-order valence-corrected chi connectivity index (χ2v) is 5.93. The standard InChI is InChI=1S/C17H21N3O2/c1-2-11-9-16(22)19-20-17(11)12-3-5-13(6-4-12)18-14-7-8-15(21)10-14/h3-6,10-11,17-18,20H,2,7-9H2,1H3,(H,19,22). The first-order chi connectivity index (χ1) is 10.7. The van der Waals surface area contributed by atoms with Crippen molar-refractivity contribution in [1.29, 1.82) is 0 Å². The Morgan fingerprint density at radius 2 is 1.95 bits per heavy atom. The molecule has 2 atom stereocenters. The van der Waals surface area contributed by atoms with Crippen molar-refractivity contribution in [2.75, 3.05) is 5.32 Å². The van der Waals surface area contributed by atoms with Crippen molar-refractivity contribution in [3.8, 4) is 0 Å². The molecule has 2 aliphatic rings. The van der Waals surface area contributed by atoms with Gasteiger partial charge in [-0.25, -0.2) is 5.43 Å². The molecular weight excluding hydrogens is 278 g/mol. The summed E-state index contributed by atoms with van der Waals surface area (Å²) in [6.07, 6.45) is 4.58. The van der Waals surface area contributed by atoms with Crippen molar-refractivity contribution in [2.24, 2.45) is 5.92 Å². The third-order valence-corrected chi connectivity index (χ3v) is 4.36. The van der Waals surface area contributed by atoms with Gasteiger partial charge >= 0.3 is 0 Å². The maximum atomic E-state index is 11.5. The summed E-state index contributed by atoms with van der Waals surface area (Å²) in [5.74, 6) is 0.550. The zero-order valence-electron chi connectivity index (χ0n) is 12.7. The number of amides is 1. The van der Waals surface area contributed by atoms with Crippen molar-refractivity contribution in [3.63, 3.8) is 0 Å². The van der Waals surface area contributed by atoms with Crippen molar-refractivity contribution in [2.45, 2.75) is 38.6 Å². The summed E-state index contributed by atoms with van der Waals surface area (Å²) < 4.78 is 0. The highest BCUT2D eigenvalue weighted by molar-refractivity contribution is 5.93. The Balaban J connectivity index is 1.69. The maximum absolute atomic E-state index is 11.5. The molecule has 116 valence electrons. The molecule has 3 rings (SSSR count). The Kier molecular flexibility index (Phi) is 4.24. The van der Waals surface area contributed by atoms with Crippen molar-refractivity contribution >= 4 is 17.4 Å². The molecule has 0 spiro atoms. The second kappa shape index (κ2) is 6.32. The molecule has 2 unspecified atom stereocenters. The van der Waals surface area contributed by atoms with Crippen LogP contribution in [0.3, 0.4) is 0 Å². The summed E-state index contributed by atoms with van der Waals surface area (Å²) >= 11 is 0. The lowest BCUT2D eigenvalue weighted by Crippen LogP contribution is -2.48. The van der Waals surface area contributed by atoms with E-state index in [1.165, 1.54) is 0 Å². The van der Waals surface area contributed by atoms with Gasteiger partial charge in [0.15, 0.2) is 5.78 Å². The summed E-state index contributed by atoms with van der Waals surface area (Å²) in [6.45, 7) is 2.11. The number of hydrogen-bond donors (Lipinski definition) is 3. The fourth-order valence-electron chi connectivity index (χ4n) is 3.07. The van der Waals surface area contributed by atoms with Crippen molar-refractivity contribution in [1.82, 2.24) is 10.9 Å². The predicted molar refractivity (Wildman–Crippen MR) is 84.8 cm³/mol. The zero-order chi connectivity index (χ0) is 15.5. The average molecular weight is 299 g/mol. The molecule has 0 saturated carbocycles. The van der Waals surface area contributed by atoms with Gasteiger partial charge in [0.1, 0.15) is 0 Å². The largest absolute Gasteiger partial charge is 0.359 e. The highest BCUT2D eigenvalue weighted by Crippen LogP contribution is 2.30. The molecule has 3 N–H and O–H groups in total. The van der Waals surface area contributed by atoms with E-state index in [-0.39, 0.29) is 17.7 Å². The number of allylic oxidation sites excluding steroid dienone is 2. The molecule has 5 nitrogen and oxygen atoms in total. The Morgan fingerprint density at radius 1 is 1.18 bits per heavy atom. The Morgan fingerprint density at radius 3 is 2.59 bits per heavy atom. The zero-order valence-corrected chi connectivity index (χ0v) is 12.7. The molecule has 1 fully saturated rings. The van der Waals surface area contributed by atoms with Crippen LogP contribution < -0.4 is 16.2 Å². The molecule has 1 aromatic carbocycles. The van der Waals surface area contributed by atoms with Crippen LogP contribution in [0.15, 0.2) is 36.0 Å². The van der Waals surface area contributed by atoms with Crippen LogP contribution in [0.4, 0.5) is 5.69 Å². The summed E-state index contributed by atoms with van der Waals surface area (Å²) in [5, 5.41) is 3.28. The first-order valence-electron chi connectivity index (χ1n) is 7.80. The van der Waals surface area contributed by atoms with E-state index in [1.807, 2.05) is 12.1 Å². The molecule has 5 heteroatoms. The van der Waals surface area contributed by atoms with E-state index >= 15 is 0 Å². The van der Waals surface area contributed by atoms with Gasteiger partial charge in [-0.3, -0.25) is 15.0 Å². The third-order valence-electron chi connectivity index (χ3n) is 4.36. The van der Waals surface area contributed by atoms with Crippen LogP contribution in [0.1, 0.15) is 44.2 Å². The van der Waals surface area contributed by atoms with Gasteiger partial charge in [0, 0.05) is 30.3 Å². The number of carbonyl (C=O) groups is 2. The maximum Gasteiger partial charge on any atom is 0.234 e. The van der Waals surface area contributed by atoms with E-state index in [0.29, 0.717) is 18.8 Å². The Labute approximate surface area is 130 Å². The van der Waals surface area contributed by atoms with Gasteiger partial charge in [-0.1, -0.05) is 25.5 Å². The quantitative estimate of drug-likeness (QED) is 0.798. The fraction of sp³-hybridized carbons (Fsp3) is 0.412. The van der Waals surface area contributed by atoms with E-state index in [0.717, 1.165) is 29.8 Å². The highest BCUT2D eigenvalue weighted by atomic mass is 16.2. The Hall–Kier alpha value is -2.14. The van der Waals surface area contributed by atoms with Crippen LogP contribution in [-0.2, 0) is 9.59 Å². The minimum atomic E-state index is 0.0548. The van der Waals surface area contributed by atoms with Crippen LogP contribution >= 0.6 is 0 Å². The van der Waals surface area contributed by atoms with Crippen LogP contribution in [0, 0.1) is 5.92 Å². The lowest BCUT2D eigenvalue weighted by atomic mass is 9.87. The van der Waals surface area contributed by atoms with Gasteiger partial charge in [0.05, 0.1) is 6.04 Å². The van der Waals surface area contributed by atoms with Crippen LogP contribution in [-0.4, -0.2) is 11.7 Å². The third kappa shape index (κ3) is 3.20. The SMILES string of the molecule is CCC1CC(=O)NNC1c1ccc(NC2=CC(=O)CC2)cc1. The molecular formula is C17H21N3O2. The number of anilines is 1. The van der Waals surface area contributed by atoms with E-state index < -0.39 is 0 Å². The lowest BCUT2D eigenvalue weighted by Gasteiger charge is -2.32. The molecule has 1 aliphatic heterocycles. The number of nitrogens with one attached hydrogen (secondary N) is 3. The molecule has 22 heavy (non-hydrogen) atoms. The number of benzene rings is 1. The topological polar surface area (TPSA) is 70.2 Å². The molecule has 1 aliphatic carbocycles. The molecule has 1 saturated heterocycles. The van der Waals surface area contributed by atoms with Gasteiger partial charge in [-0.05, 0) is 30.0 Å². The van der Waals surface area contributed by atoms with Crippen LogP contribution in [0.25, 0.3) is 0 Å². The predicted octanol–water partition coefficient (Wildman–Crippen LogP) is 2.44. The molecule has 0 radical (unpaired) electrons. The highest BCUT2D eigenvalue weighted by Gasteiger charge is 2.28. The van der Waals surface area contributed by atoms with E-state index in [9.17, 15) is 9.59 Å². The smallest absolute Gasteiger partial charge is 0.234 e. The van der Waals surface area contributed by atoms with E-state index in [2.05, 4.69) is 35.2 Å². The second-order valence-electron chi connectivity index (χ2n) is 5.93. The molecule has 0 aromatic heterocycles. The fourth-order valence-corrected chi connectivity index (χ4v) is 3.07. The van der Waals surface area contributed by atoms with Gasteiger partial charge in [0.2, 0.25) is 5.91 Å². The number of rotatable bonds is 4. The monoisotopic (exact) mass is 299 g/mol. The first kappa shape index (κ1) is 14.8. The van der Waals surface area contributed by atoms with Crippen LogP contribution in [0.2, 0.25) is 0 Å². The average Bonchev–Trinajstić information content (AvgIpc) is 2.93. The summed E-state index contributed by atoms with van der Waals surface area (Å²) in [4.78, 5) is 22.7.